The number of amides is 1. The lowest BCUT2D eigenvalue weighted by atomic mass is 10.1. The summed E-state index contributed by atoms with van der Waals surface area (Å²) in [7, 11) is 0. The van der Waals surface area contributed by atoms with Gasteiger partial charge >= 0.3 is 0 Å². The number of benzene rings is 3. The van der Waals surface area contributed by atoms with Crippen LogP contribution in [0.15, 0.2) is 57.4 Å². The number of nitrogens with zero attached hydrogens (tertiary/aromatic N) is 1. The fourth-order valence-electron chi connectivity index (χ4n) is 2.96. The Morgan fingerprint density at radius 1 is 1.10 bits per heavy atom. The molecular formula is C22H16BrClN2O3. The van der Waals surface area contributed by atoms with Crippen molar-refractivity contribution in [2.45, 2.75) is 13.8 Å². The number of rotatable bonds is 3. The van der Waals surface area contributed by atoms with E-state index >= 15 is 0 Å². The van der Waals surface area contributed by atoms with E-state index in [1.807, 2.05) is 26.0 Å². The minimum absolute atomic E-state index is 0.0526. The SMILES string of the molecule is Cc1cc2nc(-c3ccc(NC(=O)c4cc(Br)ccc4Cl)cc3O)oc2cc1C. The van der Waals surface area contributed by atoms with Crippen LogP contribution in [0.25, 0.3) is 22.6 Å². The fraction of sp³-hybridized carbons (Fsp3) is 0.0909. The van der Waals surface area contributed by atoms with E-state index in [4.69, 9.17) is 16.0 Å². The maximum Gasteiger partial charge on any atom is 0.257 e. The molecule has 0 spiro atoms. The lowest BCUT2D eigenvalue weighted by Crippen LogP contribution is -2.12. The molecule has 2 N–H and O–H groups in total. The summed E-state index contributed by atoms with van der Waals surface area (Å²) >= 11 is 9.43. The van der Waals surface area contributed by atoms with E-state index in [1.54, 1.807) is 30.3 Å². The van der Waals surface area contributed by atoms with Gasteiger partial charge in [-0.25, -0.2) is 4.98 Å². The van der Waals surface area contributed by atoms with E-state index in [1.165, 1.54) is 6.07 Å². The molecule has 0 bridgehead atoms. The van der Waals surface area contributed by atoms with E-state index in [-0.39, 0.29) is 11.7 Å². The summed E-state index contributed by atoms with van der Waals surface area (Å²) in [6, 6.07) is 13.7. The van der Waals surface area contributed by atoms with Gasteiger partial charge < -0.3 is 14.8 Å². The zero-order valence-corrected chi connectivity index (χ0v) is 17.9. The number of phenolic OH excluding ortho intramolecular Hbond substituents is 1. The normalized spacial score (nSPS) is 11.0. The van der Waals surface area contributed by atoms with Crippen LogP contribution in [0.4, 0.5) is 5.69 Å². The lowest BCUT2D eigenvalue weighted by Gasteiger charge is -2.09. The molecule has 5 nitrogen and oxygen atoms in total. The Hall–Kier alpha value is -2.83. The molecule has 7 heteroatoms. The van der Waals surface area contributed by atoms with Crippen LogP contribution in [0.3, 0.4) is 0 Å². The van der Waals surface area contributed by atoms with Crippen LogP contribution >= 0.6 is 27.5 Å². The maximum atomic E-state index is 12.5. The third kappa shape index (κ3) is 3.86. The first-order valence-electron chi connectivity index (χ1n) is 8.79. The van der Waals surface area contributed by atoms with Crippen molar-refractivity contribution in [1.82, 2.24) is 4.98 Å². The summed E-state index contributed by atoms with van der Waals surface area (Å²) in [5.74, 6) is -0.116. The Labute approximate surface area is 180 Å². The molecule has 0 aliphatic heterocycles. The number of carbonyl (C=O) groups is 1. The zero-order valence-electron chi connectivity index (χ0n) is 15.6. The van der Waals surface area contributed by atoms with Gasteiger partial charge in [-0.05, 0) is 67.4 Å². The second-order valence-electron chi connectivity index (χ2n) is 6.73. The Bertz CT molecular complexity index is 1230. The van der Waals surface area contributed by atoms with Crippen molar-refractivity contribution >= 4 is 50.2 Å². The molecule has 1 amide bonds. The van der Waals surface area contributed by atoms with Gasteiger partial charge in [0, 0.05) is 16.2 Å². The average molecular weight is 472 g/mol. The molecule has 146 valence electrons. The standard InChI is InChI=1S/C22H16BrClN2O3/c1-11-7-18-20(8-12(11)2)29-22(26-18)15-5-4-14(10-19(15)27)25-21(28)16-9-13(23)3-6-17(16)24/h3-10,27H,1-2H3,(H,25,28). The Morgan fingerprint density at radius 2 is 1.86 bits per heavy atom. The molecule has 3 aromatic carbocycles. The number of hydrogen-bond acceptors (Lipinski definition) is 4. The van der Waals surface area contributed by atoms with Gasteiger partial charge in [0.05, 0.1) is 16.1 Å². The Kier molecular flexibility index (Phi) is 5.06. The second-order valence-corrected chi connectivity index (χ2v) is 8.06. The molecule has 1 aromatic heterocycles. The molecular weight excluding hydrogens is 456 g/mol. The van der Waals surface area contributed by atoms with Gasteiger partial charge in [0.2, 0.25) is 5.89 Å². The van der Waals surface area contributed by atoms with Gasteiger partial charge in [-0.15, -0.1) is 0 Å². The number of aryl methyl sites for hydroxylation is 2. The van der Waals surface area contributed by atoms with Crippen LogP contribution in [-0.4, -0.2) is 16.0 Å². The number of aromatic nitrogens is 1. The molecule has 4 aromatic rings. The largest absolute Gasteiger partial charge is 0.507 e. The van der Waals surface area contributed by atoms with E-state index in [0.29, 0.717) is 33.3 Å². The number of aromatic hydroxyl groups is 1. The molecule has 0 aliphatic carbocycles. The zero-order chi connectivity index (χ0) is 20.7. The number of hydrogen-bond donors (Lipinski definition) is 2. The molecule has 29 heavy (non-hydrogen) atoms. The van der Waals surface area contributed by atoms with Gasteiger partial charge in [-0.1, -0.05) is 27.5 Å². The molecule has 0 saturated heterocycles. The van der Waals surface area contributed by atoms with Crippen molar-refractivity contribution in [2.75, 3.05) is 5.32 Å². The summed E-state index contributed by atoms with van der Waals surface area (Å²) in [6.45, 7) is 4.01. The van der Waals surface area contributed by atoms with E-state index in [2.05, 4.69) is 26.2 Å². The molecule has 4 rings (SSSR count). The van der Waals surface area contributed by atoms with Crippen molar-refractivity contribution in [1.29, 1.82) is 0 Å². The van der Waals surface area contributed by atoms with Crippen LogP contribution < -0.4 is 5.32 Å². The highest BCUT2D eigenvalue weighted by Crippen LogP contribution is 2.34. The van der Waals surface area contributed by atoms with E-state index in [0.717, 1.165) is 21.1 Å². The minimum Gasteiger partial charge on any atom is -0.507 e. The molecule has 0 saturated carbocycles. The first kappa shape index (κ1) is 19.5. The quantitative estimate of drug-likeness (QED) is 0.358. The van der Waals surface area contributed by atoms with Crippen LogP contribution in [0.5, 0.6) is 5.75 Å². The van der Waals surface area contributed by atoms with E-state index in [9.17, 15) is 9.90 Å². The predicted molar refractivity (Wildman–Crippen MR) is 118 cm³/mol. The highest BCUT2D eigenvalue weighted by atomic mass is 79.9. The molecule has 1 heterocycles. The second kappa shape index (κ2) is 7.54. The third-order valence-corrected chi connectivity index (χ3v) is 5.49. The summed E-state index contributed by atoms with van der Waals surface area (Å²) < 4.78 is 6.55. The first-order valence-corrected chi connectivity index (χ1v) is 9.96. The van der Waals surface area contributed by atoms with Crippen molar-refractivity contribution in [3.05, 3.63) is 74.7 Å². The Balaban J connectivity index is 1.63. The van der Waals surface area contributed by atoms with E-state index < -0.39 is 0 Å². The van der Waals surface area contributed by atoms with Crippen LogP contribution in [0.1, 0.15) is 21.5 Å². The van der Waals surface area contributed by atoms with Crippen LogP contribution in [-0.2, 0) is 0 Å². The molecule has 0 radical (unpaired) electrons. The summed E-state index contributed by atoms with van der Waals surface area (Å²) in [5.41, 5.74) is 4.80. The molecule has 0 atom stereocenters. The number of phenols is 1. The van der Waals surface area contributed by atoms with Gasteiger partial charge in [-0.3, -0.25) is 4.79 Å². The fourth-order valence-corrected chi connectivity index (χ4v) is 3.52. The molecule has 0 fully saturated rings. The number of anilines is 1. The van der Waals surface area contributed by atoms with Crippen molar-refractivity contribution in [3.8, 4) is 17.2 Å². The van der Waals surface area contributed by atoms with Crippen molar-refractivity contribution < 1.29 is 14.3 Å². The number of fused-ring (bicyclic) bond motifs is 1. The van der Waals surface area contributed by atoms with Crippen LogP contribution in [0, 0.1) is 13.8 Å². The number of halogens is 2. The number of oxazole rings is 1. The monoisotopic (exact) mass is 470 g/mol. The number of carbonyl (C=O) groups excluding carboxylic acids is 1. The highest BCUT2D eigenvalue weighted by molar-refractivity contribution is 9.10. The van der Waals surface area contributed by atoms with Gasteiger partial charge in [-0.2, -0.15) is 0 Å². The lowest BCUT2D eigenvalue weighted by molar-refractivity contribution is 0.102. The first-order chi connectivity index (χ1) is 13.8. The minimum atomic E-state index is -0.378. The van der Waals surface area contributed by atoms with Gasteiger partial charge in [0.15, 0.2) is 5.58 Å². The summed E-state index contributed by atoms with van der Waals surface area (Å²) in [4.78, 5) is 17.0. The average Bonchev–Trinajstić information content (AvgIpc) is 3.06. The van der Waals surface area contributed by atoms with Gasteiger partial charge in [0.25, 0.3) is 5.91 Å². The highest BCUT2D eigenvalue weighted by Gasteiger charge is 2.16. The third-order valence-electron chi connectivity index (χ3n) is 4.66. The van der Waals surface area contributed by atoms with Crippen molar-refractivity contribution in [2.24, 2.45) is 0 Å². The number of nitrogens with one attached hydrogen (secondary N) is 1. The predicted octanol–water partition coefficient (Wildman–Crippen LogP) is 6.49. The summed E-state index contributed by atoms with van der Waals surface area (Å²) in [5, 5.41) is 13.5. The molecule has 0 aliphatic rings. The van der Waals surface area contributed by atoms with Gasteiger partial charge in [0.1, 0.15) is 11.3 Å². The van der Waals surface area contributed by atoms with Crippen molar-refractivity contribution in [3.63, 3.8) is 0 Å². The topological polar surface area (TPSA) is 75.4 Å². The molecule has 0 unspecified atom stereocenters. The maximum absolute atomic E-state index is 12.5. The smallest absolute Gasteiger partial charge is 0.257 e. The Morgan fingerprint density at radius 3 is 2.62 bits per heavy atom. The van der Waals surface area contributed by atoms with Crippen LogP contribution in [0.2, 0.25) is 5.02 Å². The summed E-state index contributed by atoms with van der Waals surface area (Å²) in [6.07, 6.45) is 0.